The normalized spacial score (nSPS) is 12.0. The van der Waals surface area contributed by atoms with E-state index >= 15 is 0 Å². The van der Waals surface area contributed by atoms with Crippen molar-refractivity contribution in [3.05, 3.63) is 11.9 Å². The molecular weight excluding hydrogens is 424 g/mol. The Morgan fingerprint density at radius 2 is 1.12 bits per heavy atom. The first kappa shape index (κ1) is 31.5. The highest BCUT2D eigenvalue weighted by Crippen LogP contribution is 2.05. The third-order valence-electron chi connectivity index (χ3n) is 4.96. The van der Waals surface area contributed by atoms with Crippen LogP contribution in [0, 0.1) is 11.8 Å². The maximum absolute atomic E-state index is 11.5. The fourth-order valence-electron chi connectivity index (χ4n) is 2.68. The molecule has 0 fully saturated rings. The molecule has 0 aliphatic heterocycles. The molecule has 33 heavy (non-hydrogen) atoms. The molecule has 3 N–H and O–H groups in total. The van der Waals surface area contributed by atoms with Gasteiger partial charge in [0.25, 0.3) is 0 Å². The molecule has 0 aromatic carbocycles. The van der Waals surface area contributed by atoms with E-state index < -0.39 is 0 Å². The van der Waals surface area contributed by atoms with Crippen LogP contribution >= 0.6 is 0 Å². The summed E-state index contributed by atoms with van der Waals surface area (Å²) in [5.74, 6) is 0.778. The van der Waals surface area contributed by atoms with Crippen LogP contribution in [0.1, 0.15) is 66.2 Å². The van der Waals surface area contributed by atoms with E-state index in [9.17, 15) is 9.59 Å². The van der Waals surface area contributed by atoms with Crippen LogP contribution in [-0.2, 0) is 28.5 Å². The van der Waals surface area contributed by atoms with Crippen LogP contribution in [0.2, 0.25) is 0 Å². The summed E-state index contributed by atoms with van der Waals surface area (Å²) in [6, 6.07) is 0. The average molecular weight is 473 g/mol. The van der Waals surface area contributed by atoms with Crippen molar-refractivity contribution in [2.45, 2.75) is 66.2 Å². The fourth-order valence-corrected chi connectivity index (χ4v) is 2.68. The third-order valence-corrected chi connectivity index (χ3v) is 4.96. The number of hydrogen-bond donors (Lipinski definition) is 2. The largest absolute Gasteiger partial charge is 0.401 e. The van der Waals surface area contributed by atoms with Crippen molar-refractivity contribution in [1.82, 2.24) is 5.32 Å². The predicted molar refractivity (Wildman–Crippen MR) is 131 cm³/mol. The second-order valence-corrected chi connectivity index (χ2v) is 8.68. The smallest absolute Gasteiger partial charge is 0.137 e. The minimum Gasteiger partial charge on any atom is -0.401 e. The highest BCUT2D eigenvalue weighted by atomic mass is 16.6. The van der Waals surface area contributed by atoms with Crippen molar-refractivity contribution in [1.29, 1.82) is 0 Å². The van der Waals surface area contributed by atoms with Gasteiger partial charge in [0.05, 0.1) is 52.9 Å². The van der Waals surface area contributed by atoms with Crippen molar-refractivity contribution >= 4 is 11.6 Å². The maximum Gasteiger partial charge on any atom is 0.137 e. The second-order valence-electron chi connectivity index (χ2n) is 8.68. The van der Waals surface area contributed by atoms with Crippen LogP contribution in [0.25, 0.3) is 0 Å². The summed E-state index contributed by atoms with van der Waals surface area (Å²) in [6.45, 7) is 12.6. The Hall–Kier alpha value is -1.48. The number of ether oxygens (including phenoxy) is 4. The first-order valence-corrected chi connectivity index (χ1v) is 12.4. The summed E-state index contributed by atoms with van der Waals surface area (Å²) < 4.78 is 21.8. The number of unbranched alkanes of at least 4 members (excludes halogenated alkanes) is 2. The van der Waals surface area contributed by atoms with E-state index in [0.717, 1.165) is 31.5 Å². The van der Waals surface area contributed by atoms with Crippen LogP contribution in [-0.4, -0.2) is 71.0 Å². The van der Waals surface area contributed by atoms with Crippen LogP contribution in [0.4, 0.5) is 0 Å². The molecule has 0 spiro atoms. The van der Waals surface area contributed by atoms with Crippen LogP contribution in [0.15, 0.2) is 11.9 Å². The quantitative estimate of drug-likeness (QED) is 0.206. The first-order valence-electron chi connectivity index (χ1n) is 12.4. The lowest BCUT2D eigenvalue weighted by atomic mass is 10.0. The standard InChI is InChI=1S/C25H48N2O6/c1-21(2)24(28)8-6-5-7-11-27-20-23(26)9-12-30-14-16-32-18-19-33-17-15-31-13-10-25(29)22(3)4/h20-22,27H,5-19,26H2,1-4H3/b23-20-. The Kier molecular flexibility index (Phi) is 21.3. The molecule has 0 aromatic heterocycles. The van der Waals surface area contributed by atoms with Crippen LogP contribution in [0.3, 0.4) is 0 Å². The lowest BCUT2D eigenvalue weighted by molar-refractivity contribution is -0.123. The molecule has 0 unspecified atom stereocenters. The zero-order valence-electron chi connectivity index (χ0n) is 21.4. The molecule has 0 saturated carbocycles. The number of carbonyl (C=O) groups excluding carboxylic acids is 2. The Bertz CT molecular complexity index is 523. The number of hydrogen-bond acceptors (Lipinski definition) is 8. The minimum atomic E-state index is 0.0662. The van der Waals surface area contributed by atoms with Gasteiger partial charge in [0.1, 0.15) is 11.6 Å². The van der Waals surface area contributed by atoms with Gasteiger partial charge in [-0.1, -0.05) is 34.1 Å². The van der Waals surface area contributed by atoms with Gasteiger partial charge in [0.2, 0.25) is 0 Å². The van der Waals surface area contributed by atoms with Crippen molar-refractivity contribution in [3.8, 4) is 0 Å². The lowest BCUT2D eigenvalue weighted by Crippen LogP contribution is -2.15. The van der Waals surface area contributed by atoms with E-state index in [1.54, 1.807) is 0 Å². The Labute approximate surface area is 200 Å². The molecule has 8 heteroatoms. The van der Waals surface area contributed by atoms with E-state index in [0.29, 0.717) is 77.9 Å². The SMILES string of the molecule is CC(C)C(=O)CCCCCN/C=C(\N)CCOCCOCCOCCOCCC(=O)C(C)C. The van der Waals surface area contributed by atoms with Gasteiger partial charge in [-0.25, -0.2) is 0 Å². The van der Waals surface area contributed by atoms with E-state index in [-0.39, 0.29) is 17.6 Å². The maximum atomic E-state index is 11.5. The predicted octanol–water partition coefficient (Wildman–Crippen LogP) is 3.23. The molecule has 0 amide bonds. The van der Waals surface area contributed by atoms with Crippen molar-refractivity contribution in [2.24, 2.45) is 17.6 Å². The van der Waals surface area contributed by atoms with E-state index in [4.69, 9.17) is 24.7 Å². The molecule has 0 bridgehead atoms. The van der Waals surface area contributed by atoms with E-state index in [1.807, 2.05) is 33.9 Å². The molecule has 0 rings (SSSR count). The van der Waals surface area contributed by atoms with Gasteiger partial charge >= 0.3 is 0 Å². The Morgan fingerprint density at radius 1 is 0.667 bits per heavy atom. The summed E-state index contributed by atoms with van der Waals surface area (Å²) in [5.41, 5.74) is 6.71. The summed E-state index contributed by atoms with van der Waals surface area (Å²) in [4.78, 5) is 23.0. The van der Waals surface area contributed by atoms with Gasteiger partial charge in [-0.3, -0.25) is 9.59 Å². The van der Waals surface area contributed by atoms with Gasteiger partial charge in [0.15, 0.2) is 0 Å². The monoisotopic (exact) mass is 472 g/mol. The van der Waals surface area contributed by atoms with Gasteiger partial charge in [-0.05, 0) is 12.8 Å². The minimum absolute atomic E-state index is 0.0662. The lowest BCUT2D eigenvalue weighted by Gasteiger charge is -2.08. The van der Waals surface area contributed by atoms with Crippen molar-refractivity contribution < 1.29 is 28.5 Å². The summed E-state index contributed by atoms with van der Waals surface area (Å²) >= 11 is 0. The molecule has 8 nitrogen and oxygen atoms in total. The van der Waals surface area contributed by atoms with Crippen molar-refractivity contribution in [3.63, 3.8) is 0 Å². The number of nitrogens with one attached hydrogen (secondary N) is 1. The number of rotatable bonds is 24. The van der Waals surface area contributed by atoms with Gasteiger partial charge < -0.3 is 30.0 Å². The van der Waals surface area contributed by atoms with Gasteiger partial charge in [0, 0.05) is 49.5 Å². The molecule has 194 valence electrons. The Morgan fingerprint density at radius 3 is 1.64 bits per heavy atom. The molecule has 0 radical (unpaired) electrons. The number of ketones is 2. The summed E-state index contributed by atoms with van der Waals surface area (Å²) in [5, 5.41) is 3.21. The van der Waals surface area contributed by atoms with E-state index in [1.165, 1.54) is 0 Å². The highest BCUT2D eigenvalue weighted by molar-refractivity contribution is 5.80. The van der Waals surface area contributed by atoms with E-state index in [2.05, 4.69) is 5.32 Å². The van der Waals surface area contributed by atoms with Gasteiger partial charge in [-0.2, -0.15) is 0 Å². The number of nitrogens with two attached hydrogens (primary N) is 1. The molecule has 0 aliphatic rings. The van der Waals surface area contributed by atoms with Gasteiger partial charge in [-0.15, -0.1) is 0 Å². The Balaban J connectivity index is 3.32. The molecule has 0 atom stereocenters. The first-order chi connectivity index (χ1) is 15.8. The van der Waals surface area contributed by atoms with Crippen molar-refractivity contribution in [2.75, 3.05) is 59.4 Å². The summed E-state index contributed by atoms with van der Waals surface area (Å²) in [7, 11) is 0. The number of Topliss-reactive ketones (excluding diaryl/α,β-unsaturated/α-hetero) is 2. The zero-order chi connectivity index (χ0) is 24.7. The highest BCUT2D eigenvalue weighted by Gasteiger charge is 2.06. The molecule has 0 heterocycles. The molecular formula is C25H48N2O6. The average Bonchev–Trinajstić information content (AvgIpc) is 2.77. The van der Waals surface area contributed by atoms with Crippen LogP contribution < -0.4 is 11.1 Å². The fraction of sp³-hybridized carbons (Fsp3) is 0.840. The third kappa shape index (κ3) is 22.1. The second kappa shape index (κ2) is 22.3. The molecule has 0 aliphatic carbocycles. The molecule has 0 aromatic rings. The van der Waals surface area contributed by atoms with Crippen LogP contribution in [0.5, 0.6) is 0 Å². The topological polar surface area (TPSA) is 109 Å². The zero-order valence-corrected chi connectivity index (χ0v) is 21.4. The summed E-state index contributed by atoms with van der Waals surface area (Å²) in [6.07, 6.45) is 6.67. The molecule has 0 saturated heterocycles. The number of carbonyl (C=O) groups is 2.